The molecule has 0 aliphatic carbocycles. The lowest BCUT2D eigenvalue weighted by atomic mass is 10.1. The topological polar surface area (TPSA) is 25.8 Å². The van der Waals surface area contributed by atoms with E-state index in [9.17, 15) is 0 Å². The highest BCUT2D eigenvalue weighted by molar-refractivity contribution is 7.26. The summed E-state index contributed by atoms with van der Waals surface area (Å²) in [6.45, 7) is 0. The lowest BCUT2D eigenvalue weighted by Gasteiger charge is -2.01. The number of rotatable bonds is 3. The fourth-order valence-corrected chi connectivity index (χ4v) is 5.77. The molecule has 0 aliphatic heterocycles. The predicted molar refractivity (Wildman–Crippen MR) is 124 cm³/mol. The van der Waals surface area contributed by atoms with E-state index in [1.807, 2.05) is 30.3 Å². The minimum absolute atomic E-state index is 0.812. The van der Waals surface area contributed by atoms with Crippen LogP contribution in [0.4, 0.5) is 0 Å². The Morgan fingerprint density at radius 1 is 0.655 bits per heavy atom. The van der Waals surface area contributed by atoms with Gasteiger partial charge in [0.2, 0.25) is 0 Å². The number of hydrogen-bond acceptors (Lipinski definition) is 5. The molecular formula is C24H14N2S3. The van der Waals surface area contributed by atoms with Gasteiger partial charge in [-0.1, -0.05) is 30.0 Å². The first kappa shape index (κ1) is 18.0. The van der Waals surface area contributed by atoms with Gasteiger partial charge < -0.3 is 0 Å². The largest absolute Gasteiger partial charge is 0.255 e. The number of aromatic nitrogens is 2. The first-order chi connectivity index (χ1) is 14.4. The maximum atomic E-state index is 4.52. The predicted octanol–water partition coefficient (Wildman–Crippen LogP) is 7.06. The van der Waals surface area contributed by atoms with Gasteiger partial charge in [0.05, 0.1) is 16.1 Å². The molecule has 0 N–H and O–H groups in total. The summed E-state index contributed by atoms with van der Waals surface area (Å²) in [5, 5.41) is 4.22. The lowest BCUT2D eigenvalue weighted by Crippen LogP contribution is -1.90. The Kier molecular flexibility index (Phi) is 5.06. The molecule has 0 atom stereocenters. The van der Waals surface area contributed by atoms with Crippen molar-refractivity contribution < 1.29 is 0 Å². The van der Waals surface area contributed by atoms with Gasteiger partial charge in [-0.2, -0.15) is 0 Å². The second-order valence-electron chi connectivity index (χ2n) is 6.17. The minimum atomic E-state index is 0.812. The van der Waals surface area contributed by atoms with Crippen LogP contribution in [0.3, 0.4) is 0 Å². The van der Waals surface area contributed by atoms with Gasteiger partial charge in [-0.25, -0.2) is 0 Å². The molecule has 29 heavy (non-hydrogen) atoms. The van der Waals surface area contributed by atoms with Crippen LogP contribution in [-0.4, -0.2) is 9.97 Å². The molecule has 0 amide bonds. The van der Waals surface area contributed by atoms with Crippen molar-refractivity contribution in [1.29, 1.82) is 0 Å². The number of pyridine rings is 2. The van der Waals surface area contributed by atoms with Crippen molar-refractivity contribution in [2.24, 2.45) is 0 Å². The van der Waals surface area contributed by atoms with Crippen LogP contribution < -0.4 is 0 Å². The van der Waals surface area contributed by atoms with Crippen LogP contribution in [0.2, 0.25) is 0 Å². The van der Waals surface area contributed by atoms with Crippen molar-refractivity contribution in [3.8, 4) is 42.7 Å². The highest BCUT2D eigenvalue weighted by Gasteiger charge is 2.13. The van der Waals surface area contributed by atoms with Gasteiger partial charge in [0.25, 0.3) is 0 Å². The first-order valence-electron chi connectivity index (χ1n) is 8.98. The summed E-state index contributed by atoms with van der Waals surface area (Å²) in [7, 11) is 0. The number of thiophene rings is 3. The smallest absolute Gasteiger partial charge is 0.104 e. The van der Waals surface area contributed by atoms with Gasteiger partial charge in [0, 0.05) is 32.6 Å². The molecule has 5 rings (SSSR count). The van der Waals surface area contributed by atoms with Crippen molar-refractivity contribution in [2.75, 3.05) is 0 Å². The van der Waals surface area contributed by atoms with E-state index >= 15 is 0 Å². The summed E-state index contributed by atoms with van der Waals surface area (Å²) in [6, 6.07) is 20.4. The molecule has 0 radical (unpaired) electrons. The van der Waals surface area contributed by atoms with Crippen molar-refractivity contribution in [2.45, 2.75) is 0 Å². The number of hydrogen-bond donors (Lipinski definition) is 0. The molecule has 2 nitrogen and oxygen atoms in total. The van der Waals surface area contributed by atoms with E-state index in [1.165, 1.54) is 19.5 Å². The lowest BCUT2D eigenvalue weighted by molar-refractivity contribution is 1.24. The zero-order chi connectivity index (χ0) is 19.5. The van der Waals surface area contributed by atoms with Gasteiger partial charge in [0.15, 0.2) is 0 Å². The fourth-order valence-electron chi connectivity index (χ4n) is 2.96. The molecular weight excluding hydrogens is 412 g/mol. The van der Waals surface area contributed by atoms with Gasteiger partial charge in [-0.15, -0.1) is 34.0 Å². The summed E-state index contributed by atoms with van der Waals surface area (Å²) in [4.78, 5) is 14.0. The fraction of sp³-hybridized carbons (Fsp3) is 0. The van der Waals surface area contributed by atoms with E-state index < -0.39 is 0 Å². The molecule has 0 aliphatic rings. The molecule has 5 heteroatoms. The number of nitrogens with zero attached hydrogens (tertiary/aromatic N) is 2. The molecule has 5 aromatic rings. The van der Waals surface area contributed by atoms with E-state index in [0.717, 1.165) is 22.5 Å². The van der Waals surface area contributed by atoms with Crippen LogP contribution >= 0.6 is 34.0 Å². The highest BCUT2D eigenvalue weighted by atomic mass is 32.1. The molecule has 5 aromatic heterocycles. The summed E-state index contributed by atoms with van der Waals surface area (Å²) in [5.74, 6) is 6.77. The third-order valence-corrected chi connectivity index (χ3v) is 7.54. The average molecular weight is 427 g/mol. The highest BCUT2D eigenvalue weighted by Crippen LogP contribution is 2.41. The Balaban J connectivity index is 1.60. The van der Waals surface area contributed by atoms with Crippen molar-refractivity contribution in [3.63, 3.8) is 0 Å². The average Bonchev–Trinajstić information content (AvgIpc) is 3.54. The van der Waals surface area contributed by atoms with E-state index in [-0.39, 0.29) is 0 Å². The zero-order valence-electron chi connectivity index (χ0n) is 15.2. The summed E-state index contributed by atoms with van der Waals surface area (Å²) >= 11 is 5.30. The molecule has 0 aromatic carbocycles. The van der Waals surface area contributed by atoms with Crippen LogP contribution in [0.5, 0.6) is 0 Å². The maximum Gasteiger partial charge on any atom is 0.104 e. The van der Waals surface area contributed by atoms with Gasteiger partial charge in [-0.05, 0) is 53.2 Å². The van der Waals surface area contributed by atoms with E-state index in [2.05, 4.69) is 62.9 Å². The molecule has 0 fully saturated rings. The Morgan fingerprint density at radius 2 is 1.45 bits per heavy atom. The Morgan fingerprint density at radius 3 is 2.21 bits per heavy atom. The minimum Gasteiger partial charge on any atom is -0.255 e. The normalized spacial score (nSPS) is 10.5. The molecule has 0 unspecified atom stereocenters. The first-order valence-corrected chi connectivity index (χ1v) is 11.6. The maximum absolute atomic E-state index is 4.52. The molecule has 0 spiro atoms. The SMILES string of the molecule is C(#Cc1cc(-c2cccs2)sc1-c1cccs1)c1cccnc1-c1ccccn1. The third kappa shape index (κ3) is 3.79. The monoisotopic (exact) mass is 426 g/mol. The molecule has 138 valence electrons. The van der Waals surface area contributed by atoms with Gasteiger partial charge >= 0.3 is 0 Å². The van der Waals surface area contributed by atoms with Crippen LogP contribution in [0.15, 0.2) is 83.8 Å². The molecule has 0 saturated carbocycles. The molecule has 0 saturated heterocycles. The Bertz CT molecular complexity index is 1290. The Labute approximate surface area is 181 Å². The van der Waals surface area contributed by atoms with E-state index in [1.54, 1.807) is 46.4 Å². The van der Waals surface area contributed by atoms with Crippen molar-refractivity contribution in [3.05, 3.63) is 94.9 Å². The van der Waals surface area contributed by atoms with Crippen LogP contribution in [0.1, 0.15) is 11.1 Å². The zero-order valence-corrected chi connectivity index (χ0v) is 17.7. The summed E-state index contributed by atoms with van der Waals surface area (Å²) in [6.07, 6.45) is 3.56. The van der Waals surface area contributed by atoms with Crippen molar-refractivity contribution >= 4 is 34.0 Å². The second-order valence-corrected chi connectivity index (χ2v) is 9.12. The summed E-state index contributed by atoms with van der Waals surface area (Å²) < 4.78 is 0. The standard InChI is InChI=1S/C24H14N2S3/c1-2-12-25-19(7-1)23-17(6-3-13-26-23)10-11-18-16-22(20-8-4-14-27-20)29-24(18)21-9-5-15-28-21/h1-9,12-16H. The van der Waals surface area contributed by atoms with Crippen LogP contribution in [0.25, 0.3) is 30.9 Å². The Hall–Kier alpha value is -3.04. The van der Waals surface area contributed by atoms with E-state index in [4.69, 9.17) is 0 Å². The van der Waals surface area contributed by atoms with E-state index in [0.29, 0.717) is 0 Å². The second kappa shape index (κ2) is 8.14. The molecule has 5 heterocycles. The van der Waals surface area contributed by atoms with Gasteiger partial charge in [0.1, 0.15) is 5.69 Å². The van der Waals surface area contributed by atoms with Crippen LogP contribution in [-0.2, 0) is 0 Å². The molecule has 0 bridgehead atoms. The quantitative estimate of drug-likeness (QED) is 0.289. The van der Waals surface area contributed by atoms with Crippen molar-refractivity contribution in [1.82, 2.24) is 9.97 Å². The third-order valence-electron chi connectivity index (χ3n) is 4.29. The van der Waals surface area contributed by atoms with Crippen LogP contribution in [0, 0.1) is 11.8 Å². The summed E-state index contributed by atoms with van der Waals surface area (Å²) in [5.41, 5.74) is 3.58. The van der Waals surface area contributed by atoms with Gasteiger partial charge in [-0.3, -0.25) is 9.97 Å².